The molecule has 3 heterocycles. The molecule has 3 aromatic carbocycles. The summed E-state index contributed by atoms with van der Waals surface area (Å²) in [5.74, 6) is 3.49. The van der Waals surface area contributed by atoms with E-state index in [2.05, 4.69) is 4.90 Å². The molecule has 0 fully saturated rings. The molecule has 6 rings (SSSR count). The van der Waals surface area contributed by atoms with E-state index in [1.54, 1.807) is 46.6 Å². The number of nitrogens with zero attached hydrogens (tertiary/aromatic N) is 1. The molecule has 42 heavy (non-hydrogen) atoms. The molecular weight excluding hydrogens is 546 g/mol. The largest absolute Gasteiger partial charge is 0.493 e. The molecule has 222 valence electrons. The Morgan fingerprint density at radius 3 is 2.24 bits per heavy atom. The highest BCUT2D eigenvalue weighted by Gasteiger charge is 2.46. The van der Waals surface area contributed by atoms with Gasteiger partial charge in [0.2, 0.25) is 18.3 Å². The Morgan fingerprint density at radius 2 is 1.57 bits per heavy atom. The van der Waals surface area contributed by atoms with Crippen LogP contribution >= 0.6 is 0 Å². The van der Waals surface area contributed by atoms with Crippen LogP contribution in [0.1, 0.15) is 44.8 Å². The third-order valence-corrected chi connectivity index (χ3v) is 7.97. The van der Waals surface area contributed by atoms with Crippen molar-refractivity contribution in [1.82, 2.24) is 4.90 Å². The number of ether oxygens (including phenoxy) is 9. The Balaban J connectivity index is 1.39. The lowest BCUT2D eigenvalue weighted by atomic mass is 9.85. The van der Waals surface area contributed by atoms with Gasteiger partial charge >= 0.3 is 5.97 Å². The van der Waals surface area contributed by atoms with Gasteiger partial charge in [-0.3, -0.25) is 4.90 Å². The van der Waals surface area contributed by atoms with Gasteiger partial charge in [0, 0.05) is 17.7 Å². The second-order valence-electron chi connectivity index (χ2n) is 10.1. The molecule has 11 nitrogen and oxygen atoms in total. The lowest BCUT2D eigenvalue weighted by Crippen LogP contribution is -2.36. The van der Waals surface area contributed by atoms with Gasteiger partial charge in [0.15, 0.2) is 34.5 Å². The Labute approximate surface area is 243 Å². The highest BCUT2D eigenvalue weighted by molar-refractivity contribution is 5.98. The average Bonchev–Trinajstić information content (AvgIpc) is 3.62. The molecule has 3 aliphatic heterocycles. The number of cyclic esters (lactones) is 1. The van der Waals surface area contributed by atoms with Gasteiger partial charge in [-0.05, 0) is 48.9 Å². The number of carbonyl (C=O) groups excluding carboxylic acids is 1. The number of methoxy groups -OCH3 is 5. The highest BCUT2D eigenvalue weighted by Crippen LogP contribution is 2.55. The molecule has 11 heteroatoms. The normalized spacial score (nSPS) is 18.6. The summed E-state index contributed by atoms with van der Waals surface area (Å²) in [6.07, 6.45) is 0.162. The maximum Gasteiger partial charge on any atom is 0.343 e. The minimum Gasteiger partial charge on any atom is -0.493 e. The predicted octanol–water partition coefficient (Wildman–Crippen LogP) is 4.48. The van der Waals surface area contributed by atoms with E-state index >= 15 is 0 Å². The first-order valence-electron chi connectivity index (χ1n) is 13.5. The summed E-state index contributed by atoms with van der Waals surface area (Å²) in [5, 5.41) is 0. The van der Waals surface area contributed by atoms with E-state index in [1.165, 1.54) is 7.11 Å². The molecule has 0 amide bonds. The van der Waals surface area contributed by atoms with Crippen molar-refractivity contribution in [3.8, 4) is 46.0 Å². The van der Waals surface area contributed by atoms with Gasteiger partial charge in [-0.2, -0.15) is 0 Å². The summed E-state index contributed by atoms with van der Waals surface area (Å²) in [7, 11) is 9.79. The number of esters is 1. The Hall–Kier alpha value is -4.51. The van der Waals surface area contributed by atoms with E-state index in [4.69, 9.17) is 42.6 Å². The van der Waals surface area contributed by atoms with Crippen LogP contribution in [0.2, 0.25) is 0 Å². The Bertz CT molecular complexity index is 1510. The number of benzene rings is 3. The molecule has 0 aromatic heterocycles. The molecule has 0 radical (unpaired) electrons. The van der Waals surface area contributed by atoms with Crippen LogP contribution in [-0.2, 0) is 17.8 Å². The van der Waals surface area contributed by atoms with Gasteiger partial charge in [-0.15, -0.1) is 0 Å². The third-order valence-electron chi connectivity index (χ3n) is 7.97. The molecule has 0 N–H and O–H groups in total. The fourth-order valence-electron chi connectivity index (χ4n) is 6.03. The molecule has 2 atom stereocenters. The Morgan fingerprint density at radius 1 is 0.857 bits per heavy atom. The summed E-state index contributed by atoms with van der Waals surface area (Å²) >= 11 is 0. The number of likely N-dealkylation sites (N-methyl/N-ethyl adjacent to an activating group) is 1. The molecule has 0 aliphatic carbocycles. The van der Waals surface area contributed by atoms with Crippen LogP contribution in [0, 0.1) is 0 Å². The van der Waals surface area contributed by atoms with Crippen LogP contribution in [-0.4, -0.2) is 66.8 Å². The van der Waals surface area contributed by atoms with E-state index in [9.17, 15) is 4.79 Å². The van der Waals surface area contributed by atoms with Crippen LogP contribution in [0.3, 0.4) is 0 Å². The van der Waals surface area contributed by atoms with Crippen molar-refractivity contribution >= 4 is 5.97 Å². The number of hydrogen-bond acceptors (Lipinski definition) is 11. The van der Waals surface area contributed by atoms with Crippen molar-refractivity contribution in [2.45, 2.75) is 25.2 Å². The molecule has 0 bridgehead atoms. The third kappa shape index (κ3) is 4.35. The van der Waals surface area contributed by atoms with E-state index < -0.39 is 12.1 Å². The molecule has 0 unspecified atom stereocenters. The van der Waals surface area contributed by atoms with Gasteiger partial charge in [0.1, 0.15) is 18.3 Å². The van der Waals surface area contributed by atoms with Crippen molar-refractivity contribution in [2.24, 2.45) is 0 Å². The molecule has 0 spiro atoms. The van der Waals surface area contributed by atoms with Gasteiger partial charge in [-0.25, -0.2) is 4.79 Å². The molecular formula is C31H33NO10. The van der Waals surface area contributed by atoms with Crippen LogP contribution in [0.25, 0.3) is 0 Å². The summed E-state index contributed by atoms with van der Waals surface area (Å²) in [4.78, 5) is 15.7. The Kier molecular flexibility index (Phi) is 7.28. The first-order valence-corrected chi connectivity index (χ1v) is 13.5. The van der Waals surface area contributed by atoms with Crippen molar-refractivity contribution < 1.29 is 47.4 Å². The van der Waals surface area contributed by atoms with E-state index in [0.29, 0.717) is 57.1 Å². The van der Waals surface area contributed by atoms with Crippen LogP contribution in [0.15, 0.2) is 30.3 Å². The summed E-state index contributed by atoms with van der Waals surface area (Å²) in [6, 6.07) is 8.90. The van der Waals surface area contributed by atoms with Gasteiger partial charge in [-0.1, -0.05) is 6.07 Å². The first kappa shape index (κ1) is 27.6. The van der Waals surface area contributed by atoms with Crippen LogP contribution in [0.5, 0.6) is 46.0 Å². The fraction of sp³-hybridized carbons (Fsp3) is 0.387. The van der Waals surface area contributed by atoms with E-state index in [1.807, 2.05) is 19.2 Å². The zero-order valence-corrected chi connectivity index (χ0v) is 24.4. The maximum atomic E-state index is 13.6. The number of hydrogen-bond donors (Lipinski definition) is 0. The molecule has 3 aromatic rings. The fourth-order valence-corrected chi connectivity index (χ4v) is 6.03. The second kappa shape index (κ2) is 11.1. The van der Waals surface area contributed by atoms with Crippen molar-refractivity contribution in [3.63, 3.8) is 0 Å². The SMILES string of the molecule is COc1cc(COc2c(OC)ccc3c2C(=O)O[C@@H]3[C@H]2c3c(cc4c(c3OC)OCO4)CCN2C)cc(OC)c1OC. The summed E-state index contributed by atoms with van der Waals surface area (Å²) < 4.78 is 51.7. The number of fused-ring (bicyclic) bond motifs is 3. The average molecular weight is 580 g/mol. The van der Waals surface area contributed by atoms with Crippen molar-refractivity contribution in [2.75, 3.05) is 55.9 Å². The predicted molar refractivity (Wildman–Crippen MR) is 150 cm³/mol. The maximum absolute atomic E-state index is 13.6. The standard InChI is InChI=1S/C31H33NO10/c1-32-10-9-17-13-22-29(41-15-40-22)30(38-6)23(17)25(32)26-18-7-8-19(34-2)28(24(18)31(33)42-26)39-14-16-11-20(35-3)27(37-5)21(12-16)36-4/h7-8,11-13,25-26H,9-10,14-15H2,1-6H3/t25-,26+/m1/s1. The zero-order chi connectivity index (χ0) is 29.5. The summed E-state index contributed by atoms with van der Waals surface area (Å²) in [5.41, 5.74) is 3.75. The van der Waals surface area contributed by atoms with Gasteiger partial charge < -0.3 is 42.6 Å². The summed E-state index contributed by atoms with van der Waals surface area (Å²) in [6.45, 7) is 0.984. The minimum absolute atomic E-state index is 0.102. The monoisotopic (exact) mass is 579 g/mol. The quantitative estimate of drug-likeness (QED) is 0.335. The second-order valence-corrected chi connectivity index (χ2v) is 10.1. The number of rotatable bonds is 9. The van der Waals surface area contributed by atoms with E-state index in [0.717, 1.165) is 29.7 Å². The van der Waals surface area contributed by atoms with Crippen LogP contribution in [0.4, 0.5) is 0 Å². The van der Waals surface area contributed by atoms with Crippen LogP contribution < -0.4 is 37.9 Å². The lowest BCUT2D eigenvalue weighted by molar-refractivity contribution is 0.00871. The topological polar surface area (TPSA) is 103 Å². The zero-order valence-electron chi connectivity index (χ0n) is 24.4. The highest BCUT2D eigenvalue weighted by atomic mass is 16.7. The minimum atomic E-state index is -0.625. The van der Waals surface area contributed by atoms with Crippen molar-refractivity contribution in [1.29, 1.82) is 0 Å². The number of carbonyl (C=O) groups is 1. The smallest absolute Gasteiger partial charge is 0.343 e. The van der Waals surface area contributed by atoms with Crippen molar-refractivity contribution in [3.05, 3.63) is 58.1 Å². The first-order chi connectivity index (χ1) is 20.4. The van der Waals surface area contributed by atoms with Gasteiger partial charge in [0.25, 0.3) is 0 Å². The molecule has 0 saturated carbocycles. The van der Waals surface area contributed by atoms with E-state index in [-0.39, 0.29) is 19.4 Å². The molecule has 0 saturated heterocycles. The molecule has 3 aliphatic rings. The van der Waals surface area contributed by atoms with Gasteiger partial charge in [0.05, 0.1) is 41.6 Å². The lowest BCUT2D eigenvalue weighted by Gasteiger charge is -2.38.